The summed E-state index contributed by atoms with van der Waals surface area (Å²) < 4.78 is 0. The minimum Gasteiger partial charge on any atom is -0.480 e. The van der Waals surface area contributed by atoms with Crippen molar-refractivity contribution >= 4 is 46.4 Å². The topological polar surface area (TPSA) is 79.3 Å². The standard InChI is InChI=1S/C20H16Cl2N2O3S/c1-11-17(28-19(23-11)16-13(21)8-5-9-14(16)22)18(25)24-15(20(26)27)10-12-6-3-2-4-7-12/h2-9,15H,10H2,1H3,(H,24,25)(H,26,27). The van der Waals surface area contributed by atoms with Crippen LogP contribution in [0.15, 0.2) is 48.5 Å². The zero-order valence-corrected chi connectivity index (χ0v) is 17.1. The number of aryl methyl sites for hydroxylation is 1. The highest BCUT2D eigenvalue weighted by Gasteiger charge is 2.25. The predicted molar refractivity (Wildman–Crippen MR) is 111 cm³/mol. The van der Waals surface area contributed by atoms with Crippen LogP contribution in [0.5, 0.6) is 0 Å². The number of nitrogens with one attached hydrogen (secondary N) is 1. The Balaban J connectivity index is 1.84. The molecular formula is C20H16Cl2N2O3S. The number of carbonyl (C=O) groups excluding carboxylic acids is 1. The number of carboxylic acids is 1. The quantitative estimate of drug-likeness (QED) is 0.580. The number of thiazole rings is 1. The first-order chi connectivity index (χ1) is 13.4. The molecule has 0 saturated carbocycles. The van der Waals surface area contributed by atoms with Crippen LogP contribution in [0.4, 0.5) is 0 Å². The molecule has 0 spiro atoms. The normalized spacial score (nSPS) is 11.8. The van der Waals surface area contributed by atoms with Gasteiger partial charge >= 0.3 is 5.97 Å². The van der Waals surface area contributed by atoms with E-state index in [0.29, 0.717) is 31.2 Å². The molecule has 144 valence electrons. The zero-order valence-electron chi connectivity index (χ0n) is 14.8. The first kappa shape index (κ1) is 20.3. The van der Waals surface area contributed by atoms with Gasteiger partial charge in [-0.3, -0.25) is 4.79 Å². The van der Waals surface area contributed by atoms with E-state index in [4.69, 9.17) is 23.2 Å². The third-order valence-electron chi connectivity index (χ3n) is 4.07. The van der Waals surface area contributed by atoms with Crippen molar-refractivity contribution in [3.8, 4) is 10.6 Å². The Hall–Kier alpha value is -2.41. The molecule has 2 N–H and O–H groups in total. The van der Waals surface area contributed by atoms with Crippen LogP contribution in [0.25, 0.3) is 10.6 Å². The number of aromatic nitrogens is 1. The molecule has 5 nitrogen and oxygen atoms in total. The first-order valence-corrected chi connectivity index (χ1v) is 9.93. The van der Waals surface area contributed by atoms with Gasteiger partial charge in [0.05, 0.1) is 15.7 Å². The number of rotatable bonds is 6. The van der Waals surface area contributed by atoms with Gasteiger partial charge in [0, 0.05) is 12.0 Å². The molecule has 0 radical (unpaired) electrons. The maximum absolute atomic E-state index is 12.7. The Morgan fingerprint density at radius 2 is 1.75 bits per heavy atom. The number of nitrogens with zero attached hydrogens (tertiary/aromatic N) is 1. The Morgan fingerprint density at radius 1 is 1.11 bits per heavy atom. The molecule has 8 heteroatoms. The van der Waals surface area contributed by atoms with Crippen molar-refractivity contribution in [2.75, 3.05) is 0 Å². The molecule has 1 atom stereocenters. The number of carboxylic acid groups (broad SMARTS) is 1. The smallest absolute Gasteiger partial charge is 0.326 e. The molecule has 1 amide bonds. The molecule has 0 aliphatic carbocycles. The third-order valence-corrected chi connectivity index (χ3v) is 5.87. The van der Waals surface area contributed by atoms with E-state index in [1.807, 2.05) is 30.3 Å². The number of hydrogen-bond donors (Lipinski definition) is 2. The van der Waals surface area contributed by atoms with Gasteiger partial charge in [-0.1, -0.05) is 59.6 Å². The molecule has 3 aromatic rings. The summed E-state index contributed by atoms with van der Waals surface area (Å²) in [7, 11) is 0. The fourth-order valence-corrected chi connectivity index (χ4v) is 4.42. The van der Waals surface area contributed by atoms with Gasteiger partial charge in [0.1, 0.15) is 15.9 Å². The maximum Gasteiger partial charge on any atom is 0.326 e. The van der Waals surface area contributed by atoms with Crippen molar-refractivity contribution in [2.45, 2.75) is 19.4 Å². The zero-order chi connectivity index (χ0) is 20.3. The van der Waals surface area contributed by atoms with E-state index in [2.05, 4.69) is 10.3 Å². The molecule has 0 aliphatic heterocycles. The monoisotopic (exact) mass is 434 g/mol. The number of hydrogen-bond acceptors (Lipinski definition) is 4. The van der Waals surface area contributed by atoms with Gasteiger partial charge in [-0.15, -0.1) is 11.3 Å². The lowest BCUT2D eigenvalue weighted by atomic mass is 10.1. The van der Waals surface area contributed by atoms with Crippen LogP contribution in [-0.2, 0) is 11.2 Å². The summed E-state index contributed by atoms with van der Waals surface area (Å²) in [5.41, 5.74) is 1.86. The van der Waals surface area contributed by atoms with E-state index >= 15 is 0 Å². The molecular weight excluding hydrogens is 419 g/mol. The van der Waals surface area contributed by atoms with Gasteiger partial charge in [-0.05, 0) is 24.6 Å². The Bertz CT molecular complexity index is 1000. The molecule has 28 heavy (non-hydrogen) atoms. The van der Waals surface area contributed by atoms with Crippen LogP contribution in [-0.4, -0.2) is 28.0 Å². The number of halogens is 2. The average Bonchev–Trinajstić information content (AvgIpc) is 3.03. The summed E-state index contributed by atoms with van der Waals surface area (Å²) in [6.07, 6.45) is 0.183. The number of aliphatic carboxylic acids is 1. The molecule has 0 fully saturated rings. The third kappa shape index (κ3) is 4.52. The van der Waals surface area contributed by atoms with Crippen molar-refractivity contribution in [1.29, 1.82) is 0 Å². The summed E-state index contributed by atoms with van der Waals surface area (Å²) in [5, 5.41) is 13.4. The molecule has 1 heterocycles. The highest BCUT2D eigenvalue weighted by atomic mass is 35.5. The lowest BCUT2D eigenvalue weighted by molar-refractivity contribution is -0.139. The summed E-state index contributed by atoms with van der Waals surface area (Å²) in [6.45, 7) is 1.69. The molecule has 1 unspecified atom stereocenters. The SMILES string of the molecule is Cc1nc(-c2c(Cl)cccc2Cl)sc1C(=O)NC(Cc1ccccc1)C(=O)O. The second-order valence-electron chi connectivity index (χ2n) is 6.08. The Kier molecular flexibility index (Phi) is 6.34. The van der Waals surface area contributed by atoms with E-state index in [1.165, 1.54) is 0 Å². The Labute approximate surface area is 176 Å². The highest BCUT2D eigenvalue weighted by Crippen LogP contribution is 2.37. The minimum absolute atomic E-state index is 0.183. The van der Waals surface area contributed by atoms with Crippen molar-refractivity contribution < 1.29 is 14.7 Å². The highest BCUT2D eigenvalue weighted by molar-refractivity contribution is 7.17. The summed E-state index contributed by atoms with van der Waals surface area (Å²) in [4.78, 5) is 29.1. The minimum atomic E-state index is -1.10. The first-order valence-electron chi connectivity index (χ1n) is 8.36. The van der Waals surface area contributed by atoms with Crippen LogP contribution in [0.3, 0.4) is 0 Å². The van der Waals surface area contributed by atoms with E-state index in [1.54, 1.807) is 25.1 Å². The maximum atomic E-state index is 12.7. The molecule has 2 aromatic carbocycles. The van der Waals surface area contributed by atoms with Crippen molar-refractivity contribution in [1.82, 2.24) is 10.3 Å². The van der Waals surface area contributed by atoms with E-state index in [9.17, 15) is 14.7 Å². The summed E-state index contributed by atoms with van der Waals surface area (Å²) >= 11 is 13.6. The van der Waals surface area contributed by atoms with E-state index in [0.717, 1.165) is 16.9 Å². The largest absolute Gasteiger partial charge is 0.480 e. The van der Waals surface area contributed by atoms with Gasteiger partial charge in [-0.2, -0.15) is 0 Å². The number of benzene rings is 2. The van der Waals surface area contributed by atoms with Crippen LogP contribution in [0, 0.1) is 6.92 Å². The van der Waals surface area contributed by atoms with Crippen molar-refractivity contribution in [2.24, 2.45) is 0 Å². The lowest BCUT2D eigenvalue weighted by Gasteiger charge is -2.14. The van der Waals surface area contributed by atoms with Crippen LogP contribution in [0.1, 0.15) is 20.9 Å². The Morgan fingerprint density at radius 3 is 2.36 bits per heavy atom. The molecule has 0 bridgehead atoms. The van der Waals surface area contributed by atoms with Crippen LogP contribution >= 0.6 is 34.5 Å². The molecule has 0 aliphatic rings. The van der Waals surface area contributed by atoms with Gasteiger partial charge in [0.2, 0.25) is 0 Å². The number of carbonyl (C=O) groups is 2. The molecule has 3 rings (SSSR count). The fourth-order valence-electron chi connectivity index (χ4n) is 2.69. The molecule has 1 aromatic heterocycles. The van der Waals surface area contributed by atoms with Crippen molar-refractivity contribution in [3.05, 3.63) is 74.7 Å². The van der Waals surface area contributed by atoms with Gasteiger partial charge in [-0.25, -0.2) is 9.78 Å². The predicted octanol–water partition coefficient (Wildman–Crippen LogP) is 4.85. The summed E-state index contributed by atoms with van der Waals surface area (Å²) in [5.74, 6) is -1.60. The lowest BCUT2D eigenvalue weighted by Crippen LogP contribution is -2.42. The van der Waals surface area contributed by atoms with Gasteiger partial charge in [0.15, 0.2) is 0 Å². The number of amides is 1. The van der Waals surface area contributed by atoms with Gasteiger partial charge in [0.25, 0.3) is 5.91 Å². The molecule has 0 saturated heterocycles. The average molecular weight is 435 g/mol. The van der Waals surface area contributed by atoms with Crippen LogP contribution < -0.4 is 5.32 Å². The summed E-state index contributed by atoms with van der Waals surface area (Å²) in [6, 6.07) is 13.2. The second kappa shape index (κ2) is 8.73. The second-order valence-corrected chi connectivity index (χ2v) is 7.90. The van der Waals surface area contributed by atoms with Gasteiger partial charge < -0.3 is 10.4 Å². The van der Waals surface area contributed by atoms with Crippen molar-refractivity contribution in [3.63, 3.8) is 0 Å². The fraction of sp³-hybridized carbons (Fsp3) is 0.150. The van der Waals surface area contributed by atoms with E-state index in [-0.39, 0.29) is 6.42 Å². The van der Waals surface area contributed by atoms with E-state index < -0.39 is 17.9 Å². The van der Waals surface area contributed by atoms with Crippen LogP contribution in [0.2, 0.25) is 10.0 Å².